The van der Waals surface area contributed by atoms with Gasteiger partial charge in [0.05, 0.1) is 25.6 Å². The fourth-order valence-electron chi connectivity index (χ4n) is 1.36. The lowest BCUT2D eigenvalue weighted by molar-refractivity contribution is -0.143. The molecule has 0 aromatic rings. The molecular formula is C11H19N3O8S. The number of carbonyl (C=O) groups excluding carboxylic acids is 3. The van der Waals surface area contributed by atoms with Gasteiger partial charge in [0.25, 0.3) is 0 Å². The highest BCUT2D eigenvalue weighted by molar-refractivity contribution is 7.81. The monoisotopic (exact) mass is 353 g/mol. The first-order chi connectivity index (χ1) is 10.8. The second kappa shape index (κ2) is 10.8. The van der Waals surface area contributed by atoms with E-state index in [0.717, 1.165) is 0 Å². The van der Waals surface area contributed by atoms with Crippen LogP contribution in [-0.4, -0.2) is 87.8 Å². The van der Waals surface area contributed by atoms with Crippen LogP contribution in [0.15, 0.2) is 0 Å². The third-order valence-electron chi connectivity index (χ3n) is 2.59. The van der Waals surface area contributed by atoms with Gasteiger partial charge in [0, 0.05) is 0 Å². The molecule has 3 atom stereocenters. The number of aliphatic hydroxyl groups excluding tert-OH is 3. The van der Waals surface area contributed by atoms with Gasteiger partial charge in [-0.05, 0) is 0 Å². The van der Waals surface area contributed by atoms with E-state index >= 15 is 0 Å². The lowest BCUT2D eigenvalue weighted by Gasteiger charge is -2.21. The van der Waals surface area contributed by atoms with Crippen molar-refractivity contribution in [3.8, 4) is 0 Å². The van der Waals surface area contributed by atoms with Crippen LogP contribution in [0.25, 0.3) is 0 Å². The Kier molecular flexibility index (Phi) is 9.89. The predicted octanol–water partition coefficient (Wildman–Crippen LogP) is -4.57. The van der Waals surface area contributed by atoms with Crippen LogP contribution in [0.1, 0.15) is 0 Å². The normalized spacial score (nSPS) is 14.3. The summed E-state index contributed by atoms with van der Waals surface area (Å²) >= 11 is 3.68. The molecule has 0 aliphatic carbocycles. The Bertz CT molecular complexity index is 447. The van der Waals surface area contributed by atoms with Gasteiger partial charge in [-0.15, -0.1) is 0 Å². The van der Waals surface area contributed by atoms with Crippen molar-refractivity contribution in [3.63, 3.8) is 0 Å². The summed E-state index contributed by atoms with van der Waals surface area (Å²) in [5.74, 6) is -4.39. The summed E-state index contributed by atoms with van der Waals surface area (Å²) in [7, 11) is 0. The molecule has 0 fully saturated rings. The summed E-state index contributed by atoms with van der Waals surface area (Å²) in [6, 6.07) is -4.51. The summed E-state index contributed by atoms with van der Waals surface area (Å²) in [4.78, 5) is 45.4. The molecule has 0 aliphatic rings. The van der Waals surface area contributed by atoms with Gasteiger partial charge in [-0.2, -0.15) is 12.6 Å². The van der Waals surface area contributed by atoms with Gasteiger partial charge in [0.1, 0.15) is 18.1 Å². The smallest absolute Gasteiger partial charge is 0.328 e. The Balaban J connectivity index is 4.78. The van der Waals surface area contributed by atoms with Gasteiger partial charge in [-0.3, -0.25) is 14.4 Å². The van der Waals surface area contributed by atoms with E-state index < -0.39 is 61.6 Å². The van der Waals surface area contributed by atoms with Crippen molar-refractivity contribution in [2.24, 2.45) is 0 Å². The van der Waals surface area contributed by atoms with Crippen LogP contribution in [0.2, 0.25) is 0 Å². The molecule has 0 saturated carbocycles. The fourth-order valence-corrected chi connectivity index (χ4v) is 1.45. The molecule has 0 aliphatic heterocycles. The molecule has 0 saturated heterocycles. The number of hydrogen-bond acceptors (Lipinski definition) is 8. The van der Waals surface area contributed by atoms with Crippen LogP contribution in [0, 0.1) is 0 Å². The third kappa shape index (κ3) is 7.27. The summed E-state index contributed by atoms with van der Waals surface area (Å²) in [6.45, 7) is -2.52. The molecule has 0 heterocycles. The molecule has 0 rings (SSSR count). The van der Waals surface area contributed by atoms with Crippen LogP contribution in [0.5, 0.6) is 0 Å². The van der Waals surface area contributed by atoms with Crippen molar-refractivity contribution in [2.75, 3.05) is 25.6 Å². The van der Waals surface area contributed by atoms with Crippen LogP contribution in [0.3, 0.4) is 0 Å². The van der Waals surface area contributed by atoms with Crippen molar-refractivity contribution >= 4 is 36.3 Å². The van der Waals surface area contributed by atoms with Crippen molar-refractivity contribution < 1.29 is 39.6 Å². The van der Waals surface area contributed by atoms with E-state index in [4.69, 9.17) is 20.4 Å². The number of aliphatic carboxylic acids is 1. The number of aliphatic hydroxyl groups is 3. The number of carboxylic acid groups (broad SMARTS) is 1. The first-order valence-electron chi connectivity index (χ1n) is 6.37. The first-order valence-corrected chi connectivity index (χ1v) is 7.00. The summed E-state index contributed by atoms with van der Waals surface area (Å²) in [6.07, 6.45) is 0. The number of hydrogen-bond donors (Lipinski definition) is 8. The van der Waals surface area contributed by atoms with Crippen LogP contribution in [-0.2, 0) is 19.2 Å². The lowest BCUT2D eigenvalue weighted by Crippen LogP contribution is -2.58. The van der Waals surface area contributed by atoms with E-state index in [9.17, 15) is 19.2 Å². The summed E-state index contributed by atoms with van der Waals surface area (Å²) < 4.78 is 0. The molecule has 7 N–H and O–H groups in total. The molecule has 3 unspecified atom stereocenters. The number of thiol groups is 1. The average Bonchev–Trinajstić information content (AvgIpc) is 2.53. The second-order valence-corrected chi connectivity index (χ2v) is 4.60. The Morgan fingerprint density at radius 3 is 1.52 bits per heavy atom. The zero-order chi connectivity index (χ0) is 18.0. The maximum absolute atomic E-state index is 11.8. The summed E-state index contributed by atoms with van der Waals surface area (Å²) in [5, 5.41) is 41.7. The maximum atomic E-state index is 11.8. The molecule has 3 amide bonds. The number of carboxylic acids is 1. The predicted molar refractivity (Wildman–Crippen MR) is 78.5 cm³/mol. The highest BCUT2D eigenvalue weighted by Crippen LogP contribution is 1.92. The Hall–Kier alpha value is -1.89. The number of carbonyl (C=O) groups is 4. The average molecular weight is 353 g/mol. The van der Waals surface area contributed by atoms with Gasteiger partial charge in [-0.25, -0.2) is 4.79 Å². The molecule has 0 bridgehead atoms. The Morgan fingerprint density at radius 1 is 0.783 bits per heavy atom. The quantitative estimate of drug-likeness (QED) is 0.180. The minimum Gasteiger partial charge on any atom is -0.480 e. The van der Waals surface area contributed by atoms with E-state index in [1.807, 2.05) is 10.6 Å². The van der Waals surface area contributed by atoms with E-state index in [0.29, 0.717) is 0 Å². The minimum absolute atomic E-state index is 0.232. The van der Waals surface area contributed by atoms with Gasteiger partial charge in [-0.1, -0.05) is 0 Å². The van der Waals surface area contributed by atoms with Crippen molar-refractivity contribution in [3.05, 3.63) is 0 Å². The highest BCUT2D eigenvalue weighted by atomic mass is 32.1. The summed E-state index contributed by atoms with van der Waals surface area (Å²) in [5.41, 5.74) is 0. The number of nitrogens with one attached hydrogen (secondary N) is 3. The maximum Gasteiger partial charge on any atom is 0.328 e. The number of rotatable bonds is 10. The standard InChI is InChI=1S/C11H19N3O8S/c15-1-5(12-8(18)4-23)9(19)13-6(2-16)10(20)14-7(3-17)11(21)22/h5-7,15-17,23H,1-4H2,(H,12,18)(H,13,19)(H,14,20)(H,21,22). The lowest BCUT2D eigenvalue weighted by atomic mass is 10.2. The number of amides is 3. The molecule has 0 spiro atoms. The van der Waals surface area contributed by atoms with Crippen LogP contribution >= 0.6 is 12.6 Å². The van der Waals surface area contributed by atoms with Gasteiger partial charge < -0.3 is 36.4 Å². The molecule has 132 valence electrons. The van der Waals surface area contributed by atoms with Crippen molar-refractivity contribution in [1.29, 1.82) is 0 Å². The second-order valence-electron chi connectivity index (χ2n) is 4.29. The first kappa shape index (κ1) is 21.1. The van der Waals surface area contributed by atoms with Crippen molar-refractivity contribution in [2.45, 2.75) is 18.1 Å². The van der Waals surface area contributed by atoms with Crippen molar-refractivity contribution in [1.82, 2.24) is 16.0 Å². The molecule has 12 heteroatoms. The molecule has 23 heavy (non-hydrogen) atoms. The van der Waals surface area contributed by atoms with Crippen LogP contribution in [0.4, 0.5) is 0 Å². The molecule has 0 aromatic heterocycles. The Morgan fingerprint density at radius 2 is 1.17 bits per heavy atom. The van der Waals surface area contributed by atoms with E-state index in [2.05, 4.69) is 17.9 Å². The highest BCUT2D eigenvalue weighted by Gasteiger charge is 2.28. The minimum atomic E-state index is -1.61. The van der Waals surface area contributed by atoms with Gasteiger partial charge in [0.15, 0.2) is 0 Å². The molecule has 0 radical (unpaired) electrons. The topological polar surface area (TPSA) is 185 Å². The largest absolute Gasteiger partial charge is 0.480 e. The van der Waals surface area contributed by atoms with E-state index in [-0.39, 0.29) is 5.75 Å². The SMILES string of the molecule is O=C(CS)NC(CO)C(=O)NC(CO)C(=O)NC(CO)C(=O)O. The zero-order valence-corrected chi connectivity index (χ0v) is 12.8. The Labute approximate surface area is 136 Å². The van der Waals surface area contributed by atoms with E-state index in [1.54, 1.807) is 0 Å². The molecule has 11 nitrogen and oxygen atoms in total. The van der Waals surface area contributed by atoms with E-state index in [1.165, 1.54) is 0 Å². The molecular weight excluding hydrogens is 334 g/mol. The fraction of sp³-hybridized carbons (Fsp3) is 0.636. The molecule has 0 aromatic carbocycles. The van der Waals surface area contributed by atoms with Gasteiger partial charge in [0.2, 0.25) is 17.7 Å². The van der Waals surface area contributed by atoms with Crippen LogP contribution < -0.4 is 16.0 Å². The zero-order valence-electron chi connectivity index (χ0n) is 11.9. The van der Waals surface area contributed by atoms with Gasteiger partial charge >= 0.3 is 5.97 Å². The third-order valence-corrected chi connectivity index (χ3v) is 2.88.